The molecule has 0 saturated carbocycles. The van der Waals surface area contributed by atoms with E-state index in [1.54, 1.807) is 31.2 Å². The first-order valence-corrected chi connectivity index (χ1v) is 9.09. The minimum Gasteiger partial charge on any atom is -0.490 e. The molecule has 7 nitrogen and oxygen atoms in total. The van der Waals surface area contributed by atoms with Crippen molar-refractivity contribution in [3.05, 3.63) is 74.9 Å². The van der Waals surface area contributed by atoms with Gasteiger partial charge in [-0.1, -0.05) is 30.3 Å². The van der Waals surface area contributed by atoms with Gasteiger partial charge in [0.05, 0.1) is 10.9 Å². The highest BCUT2D eigenvalue weighted by atomic mass is 16.6. The number of fused-ring (bicyclic) bond motifs is 1. The second kappa shape index (κ2) is 8.56. The fourth-order valence-electron chi connectivity index (χ4n) is 3.00. The zero-order chi connectivity index (χ0) is 20.1. The van der Waals surface area contributed by atoms with Crippen molar-refractivity contribution in [2.75, 3.05) is 13.2 Å². The molecule has 0 spiro atoms. The molecule has 1 heterocycles. The van der Waals surface area contributed by atoms with Crippen molar-refractivity contribution in [3.63, 3.8) is 0 Å². The molecule has 7 heteroatoms. The Morgan fingerprint density at radius 2 is 1.68 bits per heavy atom. The largest absolute Gasteiger partial charge is 0.490 e. The Hall–Kier alpha value is -3.35. The van der Waals surface area contributed by atoms with Gasteiger partial charge in [-0.25, -0.2) is 4.79 Å². The van der Waals surface area contributed by atoms with Crippen LogP contribution in [-0.4, -0.2) is 28.3 Å². The SMILES string of the molecule is CCn1c(=O)c2ccccc2n(CC(=O)OCCOc2ccccc2C)c1=O. The first-order valence-electron chi connectivity index (χ1n) is 9.09. The molecular weight excluding hydrogens is 360 g/mol. The minimum atomic E-state index is -0.568. The lowest BCUT2D eigenvalue weighted by Gasteiger charge is -2.13. The first kappa shape index (κ1) is 19.4. The molecule has 0 radical (unpaired) electrons. The van der Waals surface area contributed by atoms with Crippen LogP contribution in [-0.2, 0) is 22.6 Å². The second-order valence-electron chi connectivity index (χ2n) is 6.27. The van der Waals surface area contributed by atoms with Gasteiger partial charge in [-0.2, -0.15) is 0 Å². The van der Waals surface area contributed by atoms with Crippen LogP contribution in [0.2, 0.25) is 0 Å². The normalized spacial score (nSPS) is 10.8. The molecule has 28 heavy (non-hydrogen) atoms. The van der Waals surface area contributed by atoms with Crippen LogP contribution >= 0.6 is 0 Å². The zero-order valence-corrected chi connectivity index (χ0v) is 15.9. The molecule has 0 aliphatic heterocycles. The number of rotatable bonds is 7. The number of aromatic nitrogens is 2. The third-order valence-electron chi connectivity index (χ3n) is 4.43. The highest BCUT2D eigenvalue weighted by Crippen LogP contribution is 2.15. The molecule has 0 atom stereocenters. The van der Waals surface area contributed by atoms with Crippen molar-refractivity contribution in [1.29, 1.82) is 0 Å². The second-order valence-corrected chi connectivity index (χ2v) is 6.27. The van der Waals surface area contributed by atoms with E-state index in [0.717, 1.165) is 15.9 Å². The molecule has 1 aromatic heterocycles. The Balaban J connectivity index is 1.70. The van der Waals surface area contributed by atoms with Crippen LogP contribution in [0.1, 0.15) is 12.5 Å². The van der Waals surface area contributed by atoms with E-state index in [9.17, 15) is 14.4 Å². The number of nitrogens with zero attached hydrogens (tertiary/aromatic N) is 2. The molecule has 3 aromatic rings. The summed E-state index contributed by atoms with van der Waals surface area (Å²) in [5.74, 6) is 0.165. The number of hydrogen-bond donors (Lipinski definition) is 0. The van der Waals surface area contributed by atoms with Crippen molar-refractivity contribution in [2.45, 2.75) is 26.9 Å². The summed E-state index contributed by atoms with van der Waals surface area (Å²) in [6.07, 6.45) is 0. The molecule has 146 valence electrons. The molecule has 0 aliphatic carbocycles. The van der Waals surface area contributed by atoms with Crippen LogP contribution < -0.4 is 16.0 Å². The van der Waals surface area contributed by atoms with Gasteiger partial charge < -0.3 is 9.47 Å². The molecule has 0 bridgehead atoms. The van der Waals surface area contributed by atoms with E-state index in [0.29, 0.717) is 10.9 Å². The van der Waals surface area contributed by atoms with Crippen LogP contribution in [0.3, 0.4) is 0 Å². The minimum absolute atomic E-state index is 0.0628. The van der Waals surface area contributed by atoms with Gasteiger partial charge in [0, 0.05) is 6.54 Å². The van der Waals surface area contributed by atoms with Gasteiger partial charge in [-0.05, 0) is 37.6 Å². The van der Waals surface area contributed by atoms with Crippen molar-refractivity contribution in [2.24, 2.45) is 0 Å². The van der Waals surface area contributed by atoms with E-state index in [1.165, 1.54) is 4.57 Å². The lowest BCUT2D eigenvalue weighted by Crippen LogP contribution is -2.41. The summed E-state index contributed by atoms with van der Waals surface area (Å²) in [7, 11) is 0. The smallest absolute Gasteiger partial charge is 0.332 e. The van der Waals surface area contributed by atoms with E-state index in [2.05, 4.69) is 0 Å². The molecule has 0 saturated heterocycles. The number of hydrogen-bond acceptors (Lipinski definition) is 5. The molecule has 3 rings (SSSR count). The van der Waals surface area contributed by atoms with Gasteiger partial charge in [0.1, 0.15) is 25.5 Å². The third-order valence-corrected chi connectivity index (χ3v) is 4.43. The number of carbonyl (C=O) groups is 1. The van der Waals surface area contributed by atoms with Crippen molar-refractivity contribution in [1.82, 2.24) is 9.13 Å². The Morgan fingerprint density at radius 1 is 0.964 bits per heavy atom. The van der Waals surface area contributed by atoms with Crippen LogP contribution in [0, 0.1) is 6.92 Å². The van der Waals surface area contributed by atoms with E-state index >= 15 is 0 Å². The topological polar surface area (TPSA) is 79.5 Å². The number of carbonyl (C=O) groups excluding carboxylic acids is 1. The summed E-state index contributed by atoms with van der Waals surface area (Å²) >= 11 is 0. The van der Waals surface area contributed by atoms with E-state index in [1.807, 2.05) is 31.2 Å². The lowest BCUT2D eigenvalue weighted by atomic mass is 10.2. The third kappa shape index (κ3) is 3.98. The number of para-hydroxylation sites is 2. The molecule has 0 N–H and O–H groups in total. The number of esters is 1. The Labute approximate surface area is 161 Å². The van der Waals surface area contributed by atoms with Gasteiger partial charge in [0.15, 0.2) is 0 Å². The van der Waals surface area contributed by atoms with Gasteiger partial charge >= 0.3 is 11.7 Å². The summed E-state index contributed by atoms with van der Waals surface area (Å²) in [5, 5.41) is 0.389. The summed E-state index contributed by atoms with van der Waals surface area (Å²) in [6, 6.07) is 14.3. The average molecular weight is 382 g/mol. The number of ether oxygens (including phenoxy) is 2. The zero-order valence-electron chi connectivity index (χ0n) is 15.9. The summed E-state index contributed by atoms with van der Waals surface area (Å²) in [5.41, 5.74) is 0.516. The Morgan fingerprint density at radius 3 is 2.43 bits per heavy atom. The quantitative estimate of drug-likeness (QED) is 0.462. The van der Waals surface area contributed by atoms with E-state index in [-0.39, 0.29) is 31.9 Å². The predicted molar refractivity (Wildman–Crippen MR) is 106 cm³/mol. The average Bonchev–Trinajstić information content (AvgIpc) is 2.70. The lowest BCUT2D eigenvalue weighted by molar-refractivity contribution is -0.145. The van der Waals surface area contributed by atoms with Crippen molar-refractivity contribution < 1.29 is 14.3 Å². The predicted octanol–water partition coefficient (Wildman–Crippen LogP) is 2.11. The maximum atomic E-state index is 12.6. The summed E-state index contributed by atoms with van der Waals surface area (Å²) in [6.45, 7) is 3.87. The Bertz CT molecular complexity index is 1110. The highest BCUT2D eigenvalue weighted by Gasteiger charge is 2.15. The van der Waals surface area contributed by atoms with Gasteiger partial charge in [0.2, 0.25) is 0 Å². The van der Waals surface area contributed by atoms with Crippen molar-refractivity contribution in [3.8, 4) is 5.75 Å². The fourth-order valence-corrected chi connectivity index (χ4v) is 3.00. The molecule has 0 unspecified atom stereocenters. The standard InChI is InChI=1S/C21H22N2O5/c1-3-22-20(25)16-9-5-6-10-17(16)23(21(22)26)14-19(24)28-13-12-27-18-11-7-4-8-15(18)2/h4-11H,3,12-14H2,1-2H3. The number of benzene rings is 2. The van der Waals surface area contributed by atoms with Crippen LogP contribution in [0.4, 0.5) is 0 Å². The fraction of sp³-hybridized carbons (Fsp3) is 0.286. The summed E-state index contributed by atoms with van der Waals surface area (Å²) < 4.78 is 13.2. The van der Waals surface area contributed by atoms with Crippen LogP contribution in [0.25, 0.3) is 10.9 Å². The Kier molecular flexibility index (Phi) is 5.93. The highest BCUT2D eigenvalue weighted by molar-refractivity contribution is 5.79. The summed E-state index contributed by atoms with van der Waals surface area (Å²) in [4.78, 5) is 37.3. The maximum Gasteiger partial charge on any atom is 0.332 e. The van der Waals surface area contributed by atoms with Crippen LogP contribution in [0.15, 0.2) is 58.1 Å². The molecule has 0 fully saturated rings. The van der Waals surface area contributed by atoms with Crippen molar-refractivity contribution >= 4 is 16.9 Å². The monoisotopic (exact) mass is 382 g/mol. The van der Waals surface area contributed by atoms with E-state index in [4.69, 9.17) is 9.47 Å². The molecule has 0 amide bonds. The van der Waals surface area contributed by atoms with Gasteiger partial charge in [-0.15, -0.1) is 0 Å². The maximum absolute atomic E-state index is 12.6. The molecule has 0 aliphatic rings. The number of aryl methyl sites for hydroxylation is 1. The van der Waals surface area contributed by atoms with Gasteiger partial charge in [-0.3, -0.25) is 18.7 Å². The first-order chi connectivity index (χ1) is 13.5. The van der Waals surface area contributed by atoms with E-state index < -0.39 is 11.7 Å². The van der Waals surface area contributed by atoms with Gasteiger partial charge in [0.25, 0.3) is 5.56 Å². The van der Waals surface area contributed by atoms with Crippen LogP contribution in [0.5, 0.6) is 5.75 Å². The molecule has 2 aromatic carbocycles. The molecular formula is C21H22N2O5.